The van der Waals surface area contributed by atoms with Crippen LogP contribution in [0.5, 0.6) is 0 Å². The Morgan fingerprint density at radius 3 is 2.63 bits per heavy atom. The second kappa shape index (κ2) is 4.93. The lowest BCUT2D eigenvalue weighted by Crippen LogP contribution is -2.34. The fraction of sp³-hybridized carbons (Fsp3) is 0.471. The molecule has 1 aromatic carbocycles. The van der Waals surface area contributed by atoms with E-state index in [2.05, 4.69) is 36.2 Å². The molecule has 1 saturated carbocycles. The summed E-state index contributed by atoms with van der Waals surface area (Å²) >= 11 is 0. The molecule has 19 heavy (non-hydrogen) atoms. The van der Waals surface area contributed by atoms with Crippen LogP contribution in [0.2, 0.25) is 0 Å². The fourth-order valence-corrected chi connectivity index (χ4v) is 3.43. The Bertz CT molecular complexity index is 565. The van der Waals surface area contributed by atoms with Gasteiger partial charge >= 0.3 is 0 Å². The highest BCUT2D eigenvalue weighted by Crippen LogP contribution is 2.45. The minimum atomic E-state index is 0.0893. The van der Waals surface area contributed by atoms with Gasteiger partial charge < -0.3 is 5.73 Å². The summed E-state index contributed by atoms with van der Waals surface area (Å²) in [7, 11) is 0. The van der Waals surface area contributed by atoms with E-state index in [-0.39, 0.29) is 11.5 Å². The summed E-state index contributed by atoms with van der Waals surface area (Å²) in [6.07, 6.45) is 10.3. The van der Waals surface area contributed by atoms with Gasteiger partial charge in [-0.3, -0.25) is 4.98 Å². The molecule has 100 valence electrons. The number of pyridine rings is 1. The lowest BCUT2D eigenvalue weighted by Gasteiger charge is -2.39. The van der Waals surface area contributed by atoms with Crippen molar-refractivity contribution in [2.75, 3.05) is 0 Å². The maximum Gasteiger partial charge on any atom is 0.0371 e. The Morgan fingerprint density at radius 1 is 1.11 bits per heavy atom. The number of fused-ring (bicyclic) bond motifs is 1. The van der Waals surface area contributed by atoms with Gasteiger partial charge in [-0.1, -0.05) is 50.5 Å². The van der Waals surface area contributed by atoms with E-state index in [9.17, 15) is 0 Å². The van der Waals surface area contributed by atoms with E-state index in [1.54, 1.807) is 0 Å². The molecule has 1 heterocycles. The summed E-state index contributed by atoms with van der Waals surface area (Å²) in [4.78, 5) is 4.38. The van der Waals surface area contributed by atoms with Gasteiger partial charge in [0.1, 0.15) is 0 Å². The molecule has 0 amide bonds. The van der Waals surface area contributed by atoms with E-state index in [1.807, 2.05) is 12.4 Å². The molecule has 0 spiro atoms. The van der Waals surface area contributed by atoms with E-state index in [0.29, 0.717) is 0 Å². The lowest BCUT2D eigenvalue weighted by atomic mass is 9.69. The van der Waals surface area contributed by atoms with E-state index < -0.39 is 0 Å². The largest absolute Gasteiger partial charge is 0.323 e. The molecule has 0 aliphatic heterocycles. The molecule has 3 rings (SSSR count). The van der Waals surface area contributed by atoms with Crippen molar-refractivity contribution in [2.24, 2.45) is 11.1 Å². The molecule has 1 aliphatic rings. The predicted octanol–water partition coefficient (Wildman–Crippen LogP) is 4.21. The van der Waals surface area contributed by atoms with Crippen molar-refractivity contribution in [2.45, 2.75) is 45.1 Å². The van der Waals surface area contributed by atoms with Gasteiger partial charge in [-0.25, -0.2) is 0 Å². The number of hydrogen-bond donors (Lipinski definition) is 1. The Balaban J connectivity index is 2.03. The van der Waals surface area contributed by atoms with Crippen molar-refractivity contribution in [3.05, 3.63) is 42.2 Å². The van der Waals surface area contributed by atoms with Gasteiger partial charge in [0.15, 0.2) is 0 Å². The number of benzene rings is 1. The van der Waals surface area contributed by atoms with Crippen LogP contribution in [0.4, 0.5) is 0 Å². The third kappa shape index (κ3) is 2.25. The molecule has 0 radical (unpaired) electrons. The monoisotopic (exact) mass is 254 g/mol. The first-order valence-electron chi connectivity index (χ1n) is 7.29. The van der Waals surface area contributed by atoms with Crippen LogP contribution in [0.3, 0.4) is 0 Å². The molecule has 1 fully saturated rings. The molecule has 1 aromatic heterocycles. The van der Waals surface area contributed by atoms with Gasteiger partial charge in [-0.2, -0.15) is 0 Å². The first kappa shape index (κ1) is 12.6. The quantitative estimate of drug-likeness (QED) is 0.872. The first-order chi connectivity index (χ1) is 9.21. The molecule has 0 saturated heterocycles. The molecule has 1 unspecified atom stereocenters. The van der Waals surface area contributed by atoms with Crippen LogP contribution in [0.25, 0.3) is 10.8 Å². The summed E-state index contributed by atoms with van der Waals surface area (Å²) in [5, 5.41) is 2.45. The van der Waals surface area contributed by atoms with E-state index in [4.69, 9.17) is 5.73 Å². The standard InChI is InChI=1S/C17H22N2/c1-17(9-5-2-6-10-17)16(18)15-12-19-11-13-7-3-4-8-14(13)15/h3-4,7-8,11-12,16H,2,5-6,9-10,18H2,1H3. The third-order valence-corrected chi connectivity index (χ3v) is 4.78. The minimum absolute atomic E-state index is 0.0893. The molecule has 2 heteroatoms. The van der Waals surface area contributed by atoms with Gasteiger partial charge in [-0.15, -0.1) is 0 Å². The number of nitrogens with zero attached hydrogens (tertiary/aromatic N) is 1. The van der Waals surface area contributed by atoms with Gasteiger partial charge in [0, 0.05) is 23.8 Å². The van der Waals surface area contributed by atoms with Crippen LogP contribution in [0.1, 0.15) is 50.6 Å². The highest BCUT2D eigenvalue weighted by atomic mass is 14.7. The van der Waals surface area contributed by atoms with E-state index >= 15 is 0 Å². The van der Waals surface area contributed by atoms with Crippen LogP contribution < -0.4 is 5.73 Å². The average Bonchev–Trinajstić information content (AvgIpc) is 2.47. The zero-order chi connectivity index (χ0) is 13.3. The second-order valence-electron chi connectivity index (χ2n) is 6.14. The van der Waals surface area contributed by atoms with Crippen LogP contribution in [-0.2, 0) is 0 Å². The van der Waals surface area contributed by atoms with E-state index in [0.717, 1.165) is 0 Å². The Labute approximate surface area is 115 Å². The molecule has 1 atom stereocenters. The van der Waals surface area contributed by atoms with Gasteiger partial charge in [0.2, 0.25) is 0 Å². The van der Waals surface area contributed by atoms with Crippen molar-refractivity contribution < 1.29 is 0 Å². The summed E-state index contributed by atoms with van der Waals surface area (Å²) in [6.45, 7) is 2.35. The first-order valence-corrected chi connectivity index (χ1v) is 7.29. The van der Waals surface area contributed by atoms with Crippen molar-refractivity contribution in [1.82, 2.24) is 4.98 Å². The smallest absolute Gasteiger partial charge is 0.0371 e. The fourth-order valence-electron chi connectivity index (χ4n) is 3.43. The lowest BCUT2D eigenvalue weighted by molar-refractivity contribution is 0.171. The van der Waals surface area contributed by atoms with Crippen molar-refractivity contribution in [3.8, 4) is 0 Å². The molecule has 2 aromatic rings. The van der Waals surface area contributed by atoms with E-state index in [1.165, 1.54) is 48.4 Å². The molecular formula is C17H22N2. The zero-order valence-electron chi connectivity index (χ0n) is 11.6. The average molecular weight is 254 g/mol. The van der Waals surface area contributed by atoms with Crippen LogP contribution in [-0.4, -0.2) is 4.98 Å². The predicted molar refractivity (Wildman–Crippen MR) is 79.9 cm³/mol. The van der Waals surface area contributed by atoms with Crippen molar-refractivity contribution in [3.63, 3.8) is 0 Å². The van der Waals surface area contributed by atoms with Gasteiger partial charge in [0.25, 0.3) is 0 Å². The van der Waals surface area contributed by atoms with Crippen molar-refractivity contribution >= 4 is 10.8 Å². The summed E-state index contributed by atoms with van der Waals surface area (Å²) in [5.74, 6) is 0. The number of hydrogen-bond acceptors (Lipinski definition) is 2. The van der Waals surface area contributed by atoms with Gasteiger partial charge in [-0.05, 0) is 29.2 Å². The maximum atomic E-state index is 6.63. The van der Waals surface area contributed by atoms with Crippen LogP contribution in [0, 0.1) is 5.41 Å². The summed E-state index contributed by atoms with van der Waals surface area (Å²) < 4.78 is 0. The third-order valence-electron chi connectivity index (χ3n) is 4.78. The Hall–Kier alpha value is -1.41. The molecule has 2 nitrogen and oxygen atoms in total. The number of rotatable bonds is 2. The summed E-state index contributed by atoms with van der Waals surface area (Å²) in [5.41, 5.74) is 8.07. The number of aromatic nitrogens is 1. The second-order valence-corrected chi connectivity index (χ2v) is 6.14. The topological polar surface area (TPSA) is 38.9 Å². The zero-order valence-corrected chi connectivity index (χ0v) is 11.6. The van der Waals surface area contributed by atoms with Crippen molar-refractivity contribution in [1.29, 1.82) is 0 Å². The molecule has 1 aliphatic carbocycles. The van der Waals surface area contributed by atoms with Crippen LogP contribution >= 0.6 is 0 Å². The highest BCUT2D eigenvalue weighted by Gasteiger charge is 2.34. The normalized spacial score (nSPS) is 20.3. The highest BCUT2D eigenvalue weighted by molar-refractivity contribution is 5.85. The Kier molecular flexibility index (Phi) is 3.28. The maximum absolute atomic E-state index is 6.63. The SMILES string of the molecule is CC1(C(N)c2cncc3ccccc23)CCCCC1. The Morgan fingerprint density at radius 2 is 1.84 bits per heavy atom. The number of nitrogens with two attached hydrogens (primary N) is 1. The summed E-state index contributed by atoms with van der Waals surface area (Å²) in [6, 6.07) is 8.51. The molecule has 2 N–H and O–H groups in total. The molecular weight excluding hydrogens is 232 g/mol. The minimum Gasteiger partial charge on any atom is -0.323 e. The van der Waals surface area contributed by atoms with Crippen LogP contribution in [0.15, 0.2) is 36.7 Å². The van der Waals surface area contributed by atoms with Gasteiger partial charge in [0.05, 0.1) is 0 Å². The molecule has 0 bridgehead atoms.